The van der Waals surface area contributed by atoms with Crippen molar-refractivity contribution in [2.24, 2.45) is 5.92 Å². The van der Waals surface area contributed by atoms with E-state index in [1.54, 1.807) is 0 Å². The first kappa shape index (κ1) is 14.1. The molecule has 0 aromatic heterocycles. The normalized spacial score (nSPS) is 30.1. The van der Waals surface area contributed by atoms with Gasteiger partial charge in [0, 0.05) is 37.5 Å². The topological polar surface area (TPSA) is 41.6 Å². The molecule has 2 aliphatic rings. The summed E-state index contributed by atoms with van der Waals surface area (Å²) in [7, 11) is 0. The monoisotopic (exact) mass is 274 g/mol. The highest BCUT2D eigenvalue weighted by Gasteiger charge is 2.24. The van der Waals surface area contributed by atoms with Crippen LogP contribution in [0.25, 0.3) is 0 Å². The SMILES string of the molecule is O=C(NCCN1CCOCC1)C1CCC(Cl)CC1. The largest absolute Gasteiger partial charge is 0.379 e. The Kier molecular flexibility index (Phi) is 5.73. The fourth-order valence-corrected chi connectivity index (χ4v) is 2.87. The molecule has 1 aliphatic heterocycles. The van der Waals surface area contributed by atoms with E-state index in [-0.39, 0.29) is 17.2 Å². The number of carbonyl (C=O) groups is 1. The van der Waals surface area contributed by atoms with Crippen LogP contribution in [0.3, 0.4) is 0 Å². The lowest BCUT2D eigenvalue weighted by molar-refractivity contribution is -0.125. The van der Waals surface area contributed by atoms with Crippen molar-refractivity contribution < 1.29 is 9.53 Å². The Labute approximate surface area is 114 Å². The van der Waals surface area contributed by atoms with Crippen molar-refractivity contribution in [1.29, 1.82) is 0 Å². The molecular formula is C13H23ClN2O2. The molecular weight excluding hydrogens is 252 g/mol. The number of halogens is 1. The number of nitrogens with one attached hydrogen (secondary N) is 1. The molecule has 2 rings (SSSR count). The van der Waals surface area contributed by atoms with Gasteiger partial charge < -0.3 is 10.1 Å². The van der Waals surface area contributed by atoms with E-state index in [4.69, 9.17) is 16.3 Å². The molecule has 4 nitrogen and oxygen atoms in total. The quantitative estimate of drug-likeness (QED) is 0.784. The number of rotatable bonds is 4. The second-order valence-electron chi connectivity index (χ2n) is 5.19. The fraction of sp³-hybridized carbons (Fsp3) is 0.923. The molecule has 18 heavy (non-hydrogen) atoms. The van der Waals surface area contributed by atoms with Crippen LogP contribution in [0, 0.1) is 5.92 Å². The molecule has 104 valence electrons. The molecule has 0 unspecified atom stereocenters. The highest BCUT2D eigenvalue weighted by atomic mass is 35.5. The van der Waals surface area contributed by atoms with Crippen LogP contribution < -0.4 is 5.32 Å². The van der Waals surface area contributed by atoms with Crippen LogP contribution in [0.5, 0.6) is 0 Å². The predicted octanol–water partition coefficient (Wildman–Crippen LogP) is 1.23. The van der Waals surface area contributed by atoms with Crippen LogP contribution in [0.2, 0.25) is 0 Å². The van der Waals surface area contributed by atoms with Gasteiger partial charge in [0.15, 0.2) is 0 Å². The molecule has 0 radical (unpaired) electrons. The Morgan fingerprint density at radius 2 is 1.89 bits per heavy atom. The Hall–Kier alpha value is -0.320. The molecule has 1 N–H and O–H groups in total. The van der Waals surface area contributed by atoms with Gasteiger partial charge in [-0.2, -0.15) is 0 Å². The zero-order valence-corrected chi connectivity index (χ0v) is 11.6. The van der Waals surface area contributed by atoms with E-state index >= 15 is 0 Å². The molecule has 0 spiro atoms. The first-order valence-electron chi connectivity index (χ1n) is 6.97. The maximum atomic E-state index is 11.9. The summed E-state index contributed by atoms with van der Waals surface area (Å²) < 4.78 is 5.29. The van der Waals surface area contributed by atoms with Crippen molar-refractivity contribution in [2.75, 3.05) is 39.4 Å². The van der Waals surface area contributed by atoms with Gasteiger partial charge in [-0.3, -0.25) is 9.69 Å². The van der Waals surface area contributed by atoms with E-state index in [9.17, 15) is 4.79 Å². The summed E-state index contributed by atoms with van der Waals surface area (Å²) in [5.74, 6) is 0.400. The molecule has 0 bridgehead atoms. The van der Waals surface area contributed by atoms with E-state index in [2.05, 4.69) is 10.2 Å². The standard InChI is InChI=1S/C13H23ClN2O2/c14-12-3-1-11(2-4-12)13(17)15-5-6-16-7-9-18-10-8-16/h11-12H,1-10H2,(H,15,17). The number of amides is 1. The van der Waals surface area contributed by atoms with Gasteiger partial charge in [-0.1, -0.05) is 0 Å². The number of nitrogens with zero attached hydrogens (tertiary/aromatic N) is 1. The lowest BCUT2D eigenvalue weighted by atomic mass is 9.88. The molecule has 1 aliphatic carbocycles. The number of hydrogen-bond donors (Lipinski definition) is 1. The fourth-order valence-electron chi connectivity index (χ4n) is 2.62. The molecule has 1 heterocycles. The lowest BCUT2D eigenvalue weighted by Gasteiger charge is -2.27. The lowest BCUT2D eigenvalue weighted by Crippen LogP contribution is -2.42. The summed E-state index contributed by atoms with van der Waals surface area (Å²) in [6.07, 6.45) is 3.83. The van der Waals surface area contributed by atoms with Gasteiger partial charge in [-0.25, -0.2) is 0 Å². The maximum Gasteiger partial charge on any atom is 0.223 e. The van der Waals surface area contributed by atoms with Crippen LogP contribution >= 0.6 is 11.6 Å². The average molecular weight is 275 g/mol. The Morgan fingerprint density at radius 1 is 1.22 bits per heavy atom. The number of alkyl halides is 1. The van der Waals surface area contributed by atoms with E-state index in [1.807, 2.05) is 0 Å². The summed E-state index contributed by atoms with van der Waals surface area (Å²) in [6, 6.07) is 0. The molecule has 5 heteroatoms. The third kappa shape index (κ3) is 4.41. The minimum atomic E-state index is 0.185. The van der Waals surface area contributed by atoms with Gasteiger partial charge >= 0.3 is 0 Å². The molecule has 0 aromatic rings. The predicted molar refractivity (Wildman–Crippen MR) is 71.9 cm³/mol. The highest BCUT2D eigenvalue weighted by molar-refractivity contribution is 6.20. The van der Waals surface area contributed by atoms with E-state index in [0.717, 1.165) is 65.1 Å². The summed E-state index contributed by atoms with van der Waals surface area (Å²) >= 11 is 6.04. The second-order valence-corrected chi connectivity index (χ2v) is 5.81. The minimum Gasteiger partial charge on any atom is -0.379 e. The van der Waals surface area contributed by atoms with Crippen LogP contribution in [-0.4, -0.2) is 55.6 Å². The average Bonchev–Trinajstić information content (AvgIpc) is 2.40. The molecule has 1 amide bonds. The van der Waals surface area contributed by atoms with Crippen molar-refractivity contribution in [3.05, 3.63) is 0 Å². The number of ether oxygens (including phenoxy) is 1. The van der Waals surface area contributed by atoms with E-state index in [0.29, 0.717) is 0 Å². The summed E-state index contributed by atoms with van der Waals surface area (Å²) in [4.78, 5) is 14.3. The zero-order chi connectivity index (χ0) is 12.8. The Morgan fingerprint density at radius 3 is 2.56 bits per heavy atom. The van der Waals surface area contributed by atoms with Crippen molar-refractivity contribution >= 4 is 17.5 Å². The second kappa shape index (κ2) is 7.31. The van der Waals surface area contributed by atoms with Crippen LogP contribution in [0.15, 0.2) is 0 Å². The Balaban J connectivity index is 1.59. The van der Waals surface area contributed by atoms with Crippen molar-refractivity contribution in [3.8, 4) is 0 Å². The number of morpholine rings is 1. The van der Waals surface area contributed by atoms with Crippen LogP contribution in [0.4, 0.5) is 0 Å². The summed E-state index contributed by atoms with van der Waals surface area (Å²) in [5.41, 5.74) is 0. The Bertz CT molecular complexity index is 262. The molecule has 0 aromatic carbocycles. The van der Waals surface area contributed by atoms with E-state index in [1.165, 1.54) is 0 Å². The minimum absolute atomic E-state index is 0.185. The van der Waals surface area contributed by atoms with Gasteiger partial charge in [0.25, 0.3) is 0 Å². The van der Waals surface area contributed by atoms with Gasteiger partial charge in [-0.15, -0.1) is 11.6 Å². The highest BCUT2D eigenvalue weighted by Crippen LogP contribution is 2.27. The smallest absolute Gasteiger partial charge is 0.223 e. The molecule has 1 saturated heterocycles. The van der Waals surface area contributed by atoms with Gasteiger partial charge in [0.2, 0.25) is 5.91 Å². The molecule has 2 fully saturated rings. The van der Waals surface area contributed by atoms with E-state index < -0.39 is 0 Å². The summed E-state index contributed by atoms with van der Waals surface area (Å²) in [5, 5.41) is 3.33. The third-order valence-electron chi connectivity index (χ3n) is 3.86. The van der Waals surface area contributed by atoms with Crippen LogP contribution in [0.1, 0.15) is 25.7 Å². The van der Waals surface area contributed by atoms with Crippen molar-refractivity contribution in [1.82, 2.24) is 10.2 Å². The van der Waals surface area contributed by atoms with Crippen molar-refractivity contribution in [3.63, 3.8) is 0 Å². The molecule has 0 atom stereocenters. The van der Waals surface area contributed by atoms with Gasteiger partial charge in [0.1, 0.15) is 0 Å². The number of carbonyl (C=O) groups excluding carboxylic acids is 1. The third-order valence-corrected chi connectivity index (χ3v) is 4.29. The van der Waals surface area contributed by atoms with Gasteiger partial charge in [0.05, 0.1) is 13.2 Å². The van der Waals surface area contributed by atoms with Crippen molar-refractivity contribution in [2.45, 2.75) is 31.1 Å². The van der Waals surface area contributed by atoms with Gasteiger partial charge in [-0.05, 0) is 25.7 Å². The number of hydrogen-bond acceptors (Lipinski definition) is 3. The summed E-state index contributed by atoms with van der Waals surface area (Å²) in [6.45, 7) is 5.27. The first-order valence-corrected chi connectivity index (χ1v) is 7.41. The maximum absolute atomic E-state index is 11.9. The first-order chi connectivity index (χ1) is 8.75. The molecule has 1 saturated carbocycles. The zero-order valence-electron chi connectivity index (χ0n) is 10.9. The van der Waals surface area contributed by atoms with Crippen LogP contribution in [-0.2, 0) is 9.53 Å².